The van der Waals surface area contributed by atoms with E-state index in [2.05, 4.69) is 20.8 Å². The summed E-state index contributed by atoms with van der Waals surface area (Å²) in [5.41, 5.74) is -0.603. The summed E-state index contributed by atoms with van der Waals surface area (Å²) in [7, 11) is 0. The van der Waals surface area contributed by atoms with E-state index in [1.54, 1.807) is 34.6 Å². The molecule has 1 rings (SSSR count). The van der Waals surface area contributed by atoms with Crippen LogP contribution in [-0.2, 0) is 9.53 Å². The molecule has 2 atom stereocenters. The van der Waals surface area contributed by atoms with Crippen molar-refractivity contribution in [2.75, 3.05) is 0 Å². The van der Waals surface area contributed by atoms with Crippen LogP contribution in [0.4, 0.5) is 4.79 Å². The van der Waals surface area contributed by atoms with E-state index in [-0.39, 0.29) is 5.92 Å². The molecular formula is C15H26N4O4. The van der Waals surface area contributed by atoms with Crippen LogP contribution in [0.5, 0.6) is 0 Å². The summed E-state index contributed by atoms with van der Waals surface area (Å²) < 4.78 is 10.3. The number of nitrogens with zero attached hydrogens (tertiary/aromatic N) is 2. The predicted molar refractivity (Wildman–Crippen MR) is 83.8 cm³/mol. The molecule has 1 heterocycles. The first-order valence-electron chi connectivity index (χ1n) is 7.63. The van der Waals surface area contributed by atoms with E-state index in [1.165, 1.54) is 0 Å². The van der Waals surface area contributed by atoms with Crippen LogP contribution < -0.4 is 10.6 Å². The average molecular weight is 326 g/mol. The topological polar surface area (TPSA) is 106 Å². The zero-order chi connectivity index (χ0) is 17.8. The van der Waals surface area contributed by atoms with E-state index < -0.39 is 29.7 Å². The molecule has 0 spiro atoms. The number of nitrogens with one attached hydrogen (secondary N) is 2. The van der Waals surface area contributed by atoms with Gasteiger partial charge in [-0.15, -0.1) is 0 Å². The monoisotopic (exact) mass is 326 g/mol. The second-order valence-corrected chi connectivity index (χ2v) is 6.74. The van der Waals surface area contributed by atoms with Crippen LogP contribution in [-0.4, -0.2) is 33.8 Å². The number of hydrogen-bond acceptors (Lipinski definition) is 6. The molecule has 0 fully saturated rings. The van der Waals surface area contributed by atoms with E-state index in [0.29, 0.717) is 11.7 Å². The van der Waals surface area contributed by atoms with Gasteiger partial charge in [0.2, 0.25) is 5.89 Å². The fraction of sp³-hybridized carbons (Fsp3) is 0.733. The summed E-state index contributed by atoms with van der Waals surface area (Å²) in [5.74, 6) is 0.533. The number of carbonyl (C=O) groups excluding carboxylic acids is 2. The van der Waals surface area contributed by atoms with E-state index in [9.17, 15) is 9.59 Å². The van der Waals surface area contributed by atoms with Crippen molar-refractivity contribution in [2.24, 2.45) is 0 Å². The van der Waals surface area contributed by atoms with Crippen molar-refractivity contribution in [3.8, 4) is 0 Å². The van der Waals surface area contributed by atoms with Gasteiger partial charge < -0.3 is 19.9 Å². The third-order valence-electron chi connectivity index (χ3n) is 2.80. The van der Waals surface area contributed by atoms with Crippen molar-refractivity contribution < 1.29 is 18.8 Å². The van der Waals surface area contributed by atoms with Crippen molar-refractivity contribution in [1.82, 2.24) is 20.8 Å². The van der Waals surface area contributed by atoms with Gasteiger partial charge in [-0.1, -0.05) is 19.0 Å². The van der Waals surface area contributed by atoms with Crippen LogP contribution in [0.1, 0.15) is 72.1 Å². The summed E-state index contributed by atoms with van der Waals surface area (Å²) in [5, 5.41) is 9.00. The Labute approximate surface area is 136 Å². The fourth-order valence-electron chi connectivity index (χ4n) is 1.60. The Morgan fingerprint density at radius 2 is 1.74 bits per heavy atom. The molecule has 0 radical (unpaired) electrons. The molecule has 0 saturated carbocycles. The summed E-state index contributed by atoms with van der Waals surface area (Å²) >= 11 is 0. The van der Waals surface area contributed by atoms with Crippen LogP contribution in [0.25, 0.3) is 0 Å². The van der Waals surface area contributed by atoms with Crippen LogP contribution in [0.2, 0.25) is 0 Å². The molecule has 2 amide bonds. The Bertz CT molecular complexity index is 548. The molecule has 0 aliphatic rings. The van der Waals surface area contributed by atoms with Gasteiger partial charge in [0.15, 0.2) is 5.82 Å². The Morgan fingerprint density at radius 3 is 2.22 bits per heavy atom. The van der Waals surface area contributed by atoms with Crippen LogP contribution >= 0.6 is 0 Å². The molecular weight excluding hydrogens is 300 g/mol. The molecule has 0 saturated heterocycles. The van der Waals surface area contributed by atoms with Gasteiger partial charge in [0.05, 0.1) is 0 Å². The molecule has 8 nitrogen and oxygen atoms in total. The van der Waals surface area contributed by atoms with Gasteiger partial charge in [0.25, 0.3) is 0 Å². The maximum absolute atomic E-state index is 11.9. The number of rotatable bonds is 5. The van der Waals surface area contributed by atoms with Gasteiger partial charge in [-0.2, -0.15) is 4.98 Å². The summed E-state index contributed by atoms with van der Waals surface area (Å²) in [6.07, 6.45) is 0. The Hall–Kier alpha value is -2.12. The second kappa shape index (κ2) is 7.43. The largest absolute Gasteiger partial charge is 0.458 e. The first kappa shape index (κ1) is 18.9. The molecule has 2 N–H and O–H groups in total. The van der Waals surface area contributed by atoms with Gasteiger partial charge >= 0.3 is 12.0 Å². The number of esters is 1. The number of urea groups is 1. The third-order valence-corrected chi connectivity index (χ3v) is 2.80. The normalized spacial score (nSPS) is 14.3. The maximum Gasteiger partial charge on any atom is 0.328 e. The van der Waals surface area contributed by atoms with Crippen molar-refractivity contribution in [1.29, 1.82) is 0 Å². The number of ether oxygens (including phenoxy) is 1. The highest BCUT2D eigenvalue weighted by Gasteiger charge is 2.24. The first-order chi connectivity index (χ1) is 10.5. The highest BCUT2D eigenvalue weighted by molar-refractivity contribution is 5.83. The molecule has 0 aromatic carbocycles. The molecule has 23 heavy (non-hydrogen) atoms. The van der Waals surface area contributed by atoms with Gasteiger partial charge in [0, 0.05) is 5.92 Å². The standard InChI is InChI=1S/C15H26N4O4/c1-8(2)11-18-12(23-19-11)9(3)16-14(21)17-10(4)13(20)22-15(5,6)7/h8-10H,1-7H3,(H2,16,17,21)/t9-,10-/m0/s1. The Morgan fingerprint density at radius 1 is 1.13 bits per heavy atom. The van der Waals surface area contributed by atoms with Crippen molar-refractivity contribution in [3.05, 3.63) is 11.7 Å². The summed E-state index contributed by atoms with van der Waals surface area (Å²) in [4.78, 5) is 28.0. The number of carbonyl (C=O) groups is 2. The molecule has 0 bridgehead atoms. The molecule has 0 aliphatic carbocycles. The predicted octanol–water partition coefficient (Wildman–Crippen LogP) is 2.28. The summed E-state index contributed by atoms with van der Waals surface area (Å²) in [6.45, 7) is 12.5. The van der Waals surface area contributed by atoms with Gasteiger partial charge in [0.1, 0.15) is 17.7 Å². The maximum atomic E-state index is 11.9. The highest BCUT2D eigenvalue weighted by atomic mass is 16.6. The molecule has 1 aromatic heterocycles. The van der Waals surface area contributed by atoms with Crippen molar-refractivity contribution in [3.63, 3.8) is 0 Å². The van der Waals surface area contributed by atoms with Gasteiger partial charge in [-0.3, -0.25) is 0 Å². The highest BCUT2D eigenvalue weighted by Crippen LogP contribution is 2.14. The van der Waals surface area contributed by atoms with Gasteiger partial charge in [-0.25, -0.2) is 9.59 Å². The van der Waals surface area contributed by atoms with E-state index in [0.717, 1.165) is 0 Å². The Kier molecular flexibility index (Phi) is 6.12. The minimum atomic E-state index is -0.768. The van der Waals surface area contributed by atoms with E-state index in [4.69, 9.17) is 9.26 Å². The lowest BCUT2D eigenvalue weighted by atomic mass is 10.2. The molecule has 0 aliphatic heterocycles. The average Bonchev–Trinajstić information content (AvgIpc) is 2.85. The van der Waals surface area contributed by atoms with E-state index >= 15 is 0 Å². The first-order valence-corrected chi connectivity index (χ1v) is 7.63. The minimum Gasteiger partial charge on any atom is -0.458 e. The van der Waals surface area contributed by atoms with Crippen LogP contribution in [0, 0.1) is 0 Å². The number of hydrogen-bond donors (Lipinski definition) is 2. The zero-order valence-corrected chi connectivity index (χ0v) is 14.8. The van der Waals surface area contributed by atoms with Crippen LogP contribution in [0.15, 0.2) is 4.52 Å². The molecule has 8 heteroatoms. The van der Waals surface area contributed by atoms with Crippen LogP contribution in [0.3, 0.4) is 0 Å². The lowest BCUT2D eigenvalue weighted by Crippen LogP contribution is -2.47. The van der Waals surface area contributed by atoms with Gasteiger partial charge in [-0.05, 0) is 34.6 Å². The fourth-order valence-corrected chi connectivity index (χ4v) is 1.60. The lowest BCUT2D eigenvalue weighted by molar-refractivity contribution is -0.156. The third kappa shape index (κ3) is 6.25. The summed E-state index contributed by atoms with van der Waals surface area (Å²) in [6, 6.07) is -1.75. The minimum absolute atomic E-state index is 0.140. The quantitative estimate of drug-likeness (QED) is 0.804. The van der Waals surface area contributed by atoms with Crippen molar-refractivity contribution >= 4 is 12.0 Å². The molecule has 1 aromatic rings. The number of amides is 2. The molecule has 0 unspecified atom stereocenters. The lowest BCUT2D eigenvalue weighted by Gasteiger charge is -2.23. The molecule has 130 valence electrons. The second-order valence-electron chi connectivity index (χ2n) is 6.74. The number of aromatic nitrogens is 2. The van der Waals surface area contributed by atoms with E-state index in [1.807, 2.05) is 13.8 Å². The SMILES string of the molecule is CC(C)c1noc([C@H](C)NC(=O)N[C@@H](C)C(=O)OC(C)(C)C)n1. The van der Waals surface area contributed by atoms with Crippen molar-refractivity contribution in [2.45, 2.75) is 72.1 Å². The smallest absolute Gasteiger partial charge is 0.328 e. The zero-order valence-electron chi connectivity index (χ0n) is 14.8. The Balaban J connectivity index is 2.53.